The zero-order valence-electron chi connectivity index (χ0n) is 18.9. The second kappa shape index (κ2) is 9.41. The van der Waals surface area contributed by atoms with Gasteiger partial charge in [-0.2, -0.15) is 0 Å². The lowest BCUT2D eigenvalue weighted by molar-refractivity contribution is 0.263. The van der Waals surface area contributed by atoms with Crippen LogP contribution in [0.5, 0.6) is 5.75 Å². The maximum atomic E-state index is 5.21. The summed E-state index contributed by atoms with van der Waals surface area (Å²) in [6, 6.07) is 14.2. The number of methoxy groups -OCH3 is 1. The van der Waals surface area contributed by atoms with Gasteiger partial charge in [0.25, 0.3) is 0 Å². The molecule has 0 radical (unpaired) electrons. The van der Waals surface area contributed by atoms with E-state index in [2.05, 4.69) is 32.5 Å². The van der Waals surface area contributed by atoms with Crippen LogP contribution in [0.4, 0.5) is 11.8 Å². The third-order valence-corrected chi connectivity index (χ3v) is 5.96. The van der Waals surface area contributed by atoms with Crippen LogP contribution in [0.1, 0.15) is 18.4 Å². The molecule has 3 aromatic heterocycles. The Hall–Kier alpha value is -3.72. The van der Waals surface area contributed by atoms with Gasteiger partial charge in [-0.25, -0.2) is 19.5 Å². The van der Waals surface area contributed by atoms with E-state index >= 15 is 0 Å². The SMILES string of the molecule is COc1ccc(CNc2nccc(-c3cnc4ccc(NC5CCN(C)CC5)nn34)n2)cc1. The van der Waals surface area contributed by atoms with Crippen molar-refractivity contribution < 1.29 is 4.74 Å². The normalized spacial score (nSPS) is 15.0. The van der Waals surface area contributed by atoms with Crippen molar-refractivity contribution in [1.29, 1.82) is 0 Å². The summed E-state index contributed by atoms with van der Waals surface area (Å²) >= 11 is 0. The predicted octanol–water partition coefficient (Wildman–Crippen LogP) is 3.31. The second-order valence-corrected chi connectivity index (χ2v) is 8.32. The monoisotopic (exact) mass is 444 g/mol. The first-order chi connectivity index (χ1) is 16.2. The van der Waals surface area contributed by atoms with E-state index in [1.165, 1.54) is 0 Å². The fourth-order valence-corrected chi connectivity index (χ4v) is 4.00. The van der Waals surface area contributed by atoms with Gasteiger partial charge in [-0.3, -0.25) is 0 Å². The fourth-order valence-electron chi connectivity index (χ4n) is 4.00. The van der Waals surface area contributed by atoms with Crippen LogP contribution in [-0.4, -0.2) is 62.8 Å². The third kappa shape index (κ3) is 4.88. The number of hydrogen-bond acceptors (Lipinski definition) is 8. The van der Waals surface area contributed by atoms with Gasteiger partial charge < -0.3 is 20.3 Å². The van der Waals surface area contributed by atoms with Crippen molar-refractivity contribution in [3.8, 4) is 17.1 Å². The fraction of sp³-hybridized carbons (Fsp3) is 0.333. The van der Waals surface area contributed by atoms with Crippen molar-refractivity contribution in [2.45, 2.75) is 25.4 Å². The van der Waals surface area contributed by atoms with Gasteiger partial charge in [0.2, 0.25) is 5.95 Å². The molecule has 5 rings (SSSR count). The minimum absolute atomic E-state index is 0.436. The lowest BCUT2D eigenvalue weighted by Crippen LogP contribution is -2.36. The lowest BCUT2D eigenvalue weighted by Gasteiger charge is -2.29. The highest BCUT2D eigenvalue weighted by molar-refractivity contribution is 5.61. The predicted molar refractivity (Wildman–Crippen MR) is 128 cm³/mol. The molecule has 0 saturated carbocycles. The van der Waals surface area contributed by atoms with Gasteiger partial charge >= 0.3 is 0 Å². The van der Waals surface area contributed by atoms with Gasteiger partial charge in [0.15, 0.2) is 5.65 Å². The van der Waals surface area contributed by atoms with Crippen LogP contribution in [0.2, 0.25) is 0 Å². The number of imidazole rings is 1. The zero-order valence-corrected chi connectivity index (χ0v) is 18.9. The Labute approximate surface area is 192 Å². The van der Waals surface area contributed by atoms with E-state index in [0.29, 0.717) is 18.5 Å². The first kappa shape index (κ1) is 21.1. The highest BCUT2D eigenvalue weighted by atomic mass is 16.5. The van der Waals surface area contributed by atoms with E-state index in [1.54, 1.807) is 19.5 Å². The van der Waals surface area contributed by atoms with Gasteiger partial charge in [0, 0.05) is 18.8 Å². The summed E-state index contributed by atoms with van der Waals surface area (Å²) in [4.78, 5) is 15.9. The Morgan fingerprint density at radius 2 is 1.85 bits per heavy atom. The molecule has 4 heterocycles. The summed E-state index contributed by atoms with van der Waals surface area (Å²) in [5.41, 5.74) is 3.49. The van der Waals surface area contributed by atoms with Gasteiger partial charge in [0.05, 0.1) is 19.0 Å². The molecular weight excluding hydrogens is 416 g/mol. The molecule has 0 spiro atoms. The number of rotatable bonds is 7. The summed E-state index contributed by atoms with van der Waals surface area (Å²) in [6.07, 6.45) is 5.78. The number of hydrogen-bond donors (Lipinski definition) is 2. The molecule has 0 unspecified atom stereocenters. The van der Waals surface area contributed by atoms with E-state index in [9.17, 15) is 0 Å². The molecule has 1 aliphatic heterocycles. The number of likely N-dealkylation sites (tertiary alicyclic amines) is 1. The number of fused-ring (bicyclic) bond motifs is 1. The van der Waals surface area contributed by atoms with Crippen molar-refractivity contribution >= 4 is 17.4 Å². The molecule has 1 saturated heterocycles. The topological polar surface area (TPSA) is 92.5 Å². The average Bonchev–Trinajstić information content (AvgIpc) is 3.28. The van der Waals surface area contributed by atoms with E-state index in [1.807, 2.05) is 47.0 Å². The second-order valence-electron chi connectivity index (χ2n) is 8.32. The molecule has 33 heavy (non-hydrogen) atoms. The number of benzene rings is 1. The van der Waals surface area contributed by atoms with Crippen molar-refractivity contribution in [2.75, 3.05) is 37.9 Å². The number of anilines is 2. The highest BCUT2D eigenvalue weighted by Gasteiger charge is 2.17. The van der Waals surface area contributed by atoms with E-state index in [-0.39, 0.29) is 0 Å². The number of nitrogens with zero attached hydrogens (tertiary/aromatic N) is 6. The number of piperidine rings is 1. The molecule has 0 aliphatic carbocycles. The molecule has 4 aromatic rings. The molecule has 1 aromatic carbocycles. The van der Waals surface area contributed by atoms with Crippen molar-refractivity contribution in [3.63, 3.8) is 0 Å². The van der Waals surface area contributed by atoms with Gasteiger partial charge in [0.1, 0.15) is 17.3 Å². The summed E-state index contributed by atoms with van der Waals surface area (Å²) < 4.78 is 7.05. The minimum Gasteiger partial charge on any atom is -0.497 e. The van der Waals surface area contributed by atoms with Crippen LogP contribution in [0.3, 0.4) is 0 Å². The Kier molecular flexibility index (Phi) is 6.03. The van der Waals surface area contributed by atoms with Gasteiger partial charge in [-0.05, 0) is 68.9 Å². The summed E-state index contributed by atoms with van der Waals surface area (Å²) in [7, 11) is 3.83. The maximum absolute atomic E-state index is 5.21. The van der Waals surface area contributed by atoms with Crippen LogP contribution >= 0.6 is 0 Å². The van der Waals surface area contributed by atoms with Gasteiger partial charge in [-0.1, -0.05) is 12.1 Å². The molecule has 1 aliphatic rings. The van der Waals surface area contributed by atoms with E-state index < -0.39 is 0 Å². The van der Waals surface area contributed by atoms with Gasteiger partial charge in [-0.15, -0.1) is 5.10 Å². The van der Waals surface area contributed by atoms with Crippen LogP contribution in [0, 0.1) is 0 Å². The molecule has 9 heteroatoms. The lowest BCUT2D eigenvalue weighted by atomic mass is 10.1. The summed E-state index contributed by atoms with van der Waals surface area (Å²) in [6.45, 7) is 2.82. The smallest absolute Gasteiger partial charge is 0.223 e. The van der Waals surface area contributed by atoms with Crippen LogP contribution in [0.15, 0.2) is 54.9 Å². The Morgan fingerprint density at radius 1 is 1.03 bits per heavy atom. The van der Waals surface area contributed by atoms with Crippen LogP contribution in [-0.2, 0) is 6.54 Å². The zero-order chi connectivity index (χ0) is 22.6. The molecule has 0 amide bonds. The molecule has 170 valence electrons. The number of aromatic nitrogens is 5. The number of ether oxygens (including phenoxy) is 1. The Bertz CT molecular complexity index is 1210. The highest BCUT2D eigenvalue weighted by Crippen LogP contribution is 2.21. The van der Waals surface area contributed by atoms with Crippen molar-refractivity contribution in [3.05, 3.63) is 60.4 Å². The van der Waals surface area contributed by atoms with Crippen molar-refractivity contribution in [1.82, 2.24) is 29.5 Å². The standard InChI is InChI=1S/C24H28N8O/c1-31-13-10-18(11-14-31)28-22-7-8-23-26-16-21(32(23)30-22)20-9-12-25-24(29-20)27-15-17-3-5-19(33-2)6-4-17/h3-9,12,16,18H,10-11,13-15H2,1-2H3,(H,28,30)(H,25,27,29). The molecular formula is C24H28N8O. The van der Waals surface area contributed by atoms with E-state index in [4.69, 9.17) is 14.8 Å². The Morgan fingerprint density at radius 3 is 2.64 bits per heavy atom. The molecule has 9 nitrogen and oxygen atoms in total. The summed E-state index contributed by atoms with van der Waals surface area (Å²) in [5, 5.41) is 11.7. The number of nitrogens with one attached hydrogen (secondary N) is 2. The average molecular weight is 445 g/mol. The van der Waals surface area contributed by atoms with E-state index in [0.717, 1.165) is 60.1 Å². The first-order valence-corrected chi connectivity index (χ1v) is 11.2. The quantitative estimate of drug-likeness (QED) is 0.449. The molecule has 1 fully saturated rings. The molecule has 2 N–H and O–H groups in total. The van der Waals surface area contributed by atoms with Crippen LogP contribution < -0.4 is 15.4 Å². The molecule has 0 bridgehead atoms. The maximum Gasteiger partial charge on any atom is 0.223 e. The summed E-state index contributed by atoms with van der Waals surface area (Å²) in [5.74, 6) is 2.24. The molecule has 0 atom stereocenters. The first-order valence-electron chi connectivity index (χ1n) is 11.2. The largest absolute Gasteiger partial charge is 0.497 e. The third-order valence-electron chi connectivity index (χ3n) is 5.96. The van der Waals surface area contributed by atoms with Crippen molar-refractivity contribution in [2.24, 2.45) is 0 Å². The Balaban J connectivity index is 1.32. The minimum atomic E-state index is 0.436. The van der Waals surface area contributed by atoms with Crippen LogP contribution in [0.25, 0.3) is 17.0 Å².